The van der Waals surface area contributed by atoms with Crippen LogP contribution in [0.5, 0.6) is 0 Å². The maximum Gasteiger partial charge on any atom is 0.321 e. The van der Waals surface area contributed by atoms with Gasteiger partial charge in [0.05, 0.1) is 13.2 Å². The van der Waals surface area contributed by atoms with E-state index >= 15 is 0 Å². The molecule has 1 N–H and O–H groups in total. The highest BCUT2D eigenvalue weighted by molar-refractivity contribution is 5.90. The molecule has 2 aromatic rings. The van der Waals surface area contributed by atoms with E-state index in [4.69, 9.17) is 4.74 Å². The number of likely N-dealkylation sites (tertiary alicyclic amines) is 1. The van der Waals surface area contributed by atoms with E-state index in [9.17, 15) is 4.79 Å². The van der Waals surface area contributed by atoms with Crippen LogP contribution in [0.25, 0.3) is 11.4 Å². The van der Waals surface area contributed by atoms with Crippen molar-refractivity contribution < 1.29 is 9.53 Å². The maximum absolute atomic E-state index is 12.8. The number of nitrogens with one attached hydrogen (secondary N) is 1. The number of piperidine rings is 1. The lowest BCUT2D eigenvalue weighted by atomic mass is 9.97. The van der Waals surface area contributed by atoms with Gasteiger partial charge in [0.25, 0.3) is 0 Å². The molecule has 2 amide bonds. The lowest BCUT2D eigenvalue weighted by Gasteiger charge is -2.36. The number of amides is 2. The Morgan fingerprint density at radius 3 is 2.93 bits per heavy atom. The molecule has 0 aliphatic carbocycles. The van der Waals surface area contributed by atoms with E-state index in [0.29, 0.717) is 11.7 Å². The average molecular weight is 384 g/mol. The number of carbonyl (C=O) groups is 1. The summed E-state index contributed by atoms with van der Waals surface area (Å²) in [5, 5.41) is 7.37. The minimum Gasteiger partial charge on any atom is -0.379 e. The van der Waals surface area contributed by atoms with Gasteiger partial charge in [0.15, 0.2) is 5.82 Å². The van der Waals surface area contributed by atoms with Crippen LogP contribution in [0.3, 0.4) is 0 Å². The third-order valence-electron chi connectivity index (χ3n) is 5.40. The third-order valence-corrected chi connectivity index (χ3v) is 5.40. The van der Waals surface area contributed by atoms with Crippen LogP contribution in [0.2, 0.25) is 0 Å². The van der Waals surface area contributed by atoms with Crippen LogP contribution >= 0.6 is 0 Å². The molecule has 2 fully saturated rings. The number of rotatable bonds is 4. The summed E-state index contributed by atoms with van der Waals surface area (Å²) in [4.78, 5) is 21.5. The number of benzene rings is 1. The number of hydrogen-bond donors (Lipinski definition) is 1. The van der Waals surface area contributed by atoms with Gasteiger partial charge < -0.3 is 15.0 Å². The molecule has 3 heterocycles. The van der Waals surface area contributed by atoms with Crippen LogP contribution in [0.15, 0.2) is 30.6 Å². The molecule has 0 saturated carbocycles. The van der Waals surface area contributed by atoms with Gasteiger partial charge in [-0.3, -0.25) is 9.58 Å². The third kappa shape index (κ3) is 4.69. The normalized spacial score (nSPS) is 20.9. The predicted octanol–water partition coefficient (Wildman–Crippen LogP) is 2.06. The zero-order valence-corrected chi connectivity index (χ0v) is 16.4. The SMILES string of the molecule is Cn1cnc(-c2cccc(NC(=O)N3CCCC(CN4CCOCC4)C3)c2)n1. The summed E-state index contributed by atoms with van der Waals surface area (Å²) in [6, 6.07) is 7.66. The second kappa shape index (κ2) is 8.70. The van der Waals surface area contributed by atoms with Crippen molar-refractivity contribution in [3.8, 4) is 11.4 Å². The number of aromatic nitrogens is 3. The molecule has 2 aliphatic heterocycles. The number of hydrogen-bond acceptors (Lipinski definition) is 5. The lowest BCUT2D eigenvalue weighted by Crippen LogP contribution is -2.47. The zero-order valence-electron chi connectivity index (χ0n) is 16.4. The molecule has 1 unspecified atom stereocenters. The summed E-state index contributed by atoms with van der Waals surface area (Å²) in [6.45, 7) is 6.30. The Morgan fingerprint density at radius 1 is 1.29 bits per heavy atom. The Balaban J connectivity index is 1.35. The molecule has 150 valence electrons. The second-order valence-electron chi connectivity index (χ2n) is 7.62. The molecule has 8 nitrogen and oxygen atoms in total. The van der Waals surface area contributed by atoms with E-state index in [0.717, 1.165) is 63.6 Å². The Hall–Kier alpha value is -2.45. The lowest BCUT2D eigenvalue weighted by molar-refractivity contribution is 0.0252. The number of anilines is 1. The molecule has 8 heteroatoms. The molecule has 2 saturated heterocycles. The smallest absolute Gasteiger partial charge is 0.321 e. The minimum absolute atomic E-state index is 0.0298. The number of urea groups is 1. The molecular weight excluding hydrogens is 356 g/mol. The first-order valence-electron chi connectivity index (χ1n) is 9.99. The van der Waals surface area contributed by atoms with Gasteiger partial charge in [-0.05, 0) is 30.9 Å². The molecule has 0 bridgehead atoms. The fourth-order valence-corrected chi connectivity index (χ4v) is 3.96. The summed E-state index contributed by atoms with van der Waals surface area (Å²) < 4.78 is 7.10. The van der Waals surface area contributed by atoms with E-state index in [1.165, 1.54) is 6.42 Å². The van der Waals surface area contributed by atoms with Crippen molar-refractivity contribution in [2.75, 3.05) is 51.3 Å². The van der Waals surface area contributed by atoms with Gasteiger partial charge in [0.1, 0.15) is 6.33 Å². The van der Waals surface area contributed by atoms with Crippen LogP contribution in [0.1, 0.15) is 12.8 Å². The number of carbonyl (C=O) groups excluding carboxylic acids is 1. The van der Waals surface area contributed by atoms with Crippen LogP contribution in [0, 0.1) is 5.92 Å². The predicted molar refractivity (Wildman–Crippen MR) is 107 cm³/mol. The molecule has 1 atom stereocenters. The van der Waals surface area contributed by atoms with Crippen LogP contribution in [0.4, 0.5) is 10.5 Å². The van der Waals surface area contributed by atoms with Crippen LogP contribution < -0.4 is 5.32 Å². The molecular formula is C20H28N6O2. The van der Waals surface area contributed by atoms with Gasteiger partial charge in [0.2, 0.25) is 0 Å². The molecule has 4 rings (SSSR count). The highest BCUT2D eigenvalue weighted by Gasteiger charge is 2.26. The van der Waals surface area contributed by atoms with E-state index in [1.807, 2.05) is 36.2 Å². The summed E-state index contributed by atoms with van der Waals surface area (Å²) in [5.41, 5.74) is 1.66. The quantitative estimate of drug-likeness (QED) is 0.873. The maximum atomic E-state index is 12.8. The number of morpholine rings is 1. The van der Waals surface area contributed by atoms with Gasteiger partial charge in [-0.25, -0.2) is 9.78 Å². The molecule has 2 aliphatic rings. The van der Waals surface area contributed by atoms with Crippen molar-refractivity contribution in [2.45, 2.75) is 12.8 Å². The standard InChI is InChI=1S/C20H28N6O2/c1-24-15-21-19(23-24)17-5-2-6-18(12-17)22-20(27)26-7-3-4-16(14-26)13-25-8-10-28-11-9-25/h2,5-6,12,15-16H,3-4,7-11,13-14H2,1H3,(H,22,27). The van der Waals surface area contributed by atoms with Crippen molar-refractivity contribution in [1.29, 1.82) is 0 Å². The first-order valence-corrected chi connectivity index (χ1v) is 9.99. The summed E-state index contributed by atoms with van der Waals surface area (Å²) in [5.74, 6) is 1.18. The monoisotopic (exact) mass is 384 g/mol. The van der Waals surface area contributed by atoms with E-state index in [1.54, 1.807) is 11.0 Å². The topological polar surface area (TPSA) is 75.5 Å². The summed E-state index contributed by atoms with van der Waals surface area (Å²) in [6.07, 6.45) is 3.91. The Bertz CT molecular complexity index is 801. The van der Waals surface area contributed by atoms with E-state index < -0.39 is 0 Å². The fraction of sp³-hybridized carbons (Fsp3) is 0.550. The first-order chi connectivity index (χ1) is 13.7. The molecule has 28 heavy (non-hydrogen) atoms. The molecule has 0 spiro atoms. The van der Waals surface area contributed by atoms with Gasteiger partial charge >= 0.3 is 6.03 Å². The second-order valence-corrected chi connectivity index (χ2v) is 7.62. The molecule has 1 aromatic heterocycles. The van der Waals surface area contributed by atoms with Gasteiger partial charge in [0, 0.05) is 51.0 Å². The number of nitrogens with zero attached hydrogens (tertiary/aromatic N) is 5. The molecule has 1 aromatic carbocycles. The van der Waals surface area contributed by atoms with Gasteiger partial charge in [-0.1, -0.05) is 12.1 Å². The fourth-order valence-electron chi connectivity index (χ4n) is 3.96. The van der Waals surface area contributed by atoms with Gasteiger partial charge in [-0.15, -0.1) is 0 Å². The van der Waals surface area contributed by atoms with Crippen molar-refractivity contribution >= 4 is 11.7 Å². The van der Waals surface area contributed by atoms with Crippen molar-refractivity contribution in [1.82, 2.24) is 24.6 Å². The van der Waals surface area contributed by atoms with Crippen molar-refractivity contribution in [2.24, 2.45) is 13.0 Å². The number of aryl methyl sites for hydroxylation is 1. The Morgan fingerprint density at radius 2 is 2.14 bits per heavy atom. The zero-order chi connectivity index (χ0) is 19.3. The average Bonchev–Trinajstić information content (AvgIpc) is 3.16. The highest BCUT2D eigenvalue weighted by atomic mass is 16.5. The minimum atomic E-state index is -0.0298. The van der Waals surface area contributed by atoms with Crippen LogP contribution in [-0.2, 0) is 11.8 Å². The molecule has 0 radical (unpaired) electrons. The Labute approximate surface area is 165 Å². The first kappa shape index (κ1) is 18.9. The largest absolute Gasteiger partial charge is 0.379 e. The number of ether oxygens (including phenoxy) is 1. The summed E-state index contributed by atoms with van der Waals surface area (Å²) in [7, 11) is 1.84. The van der Waals surface area contributed by atoms with Crippen molar-refractivity contribution in [3.05, 3.63) is 30.6 Å². The highest BCUT2D eigenvalue weighted by Crippen LogP contribution is 2.22. The Kier molecular flexibility index (Phi) is 5.87. The summed E-state index contributed by atoms with van der Waals surface area (Å²) >= 11 is 0. The van der Waals surface area contributed by atoms with Crippen molar-refractivity contribution in [3.63, 3.8) is 0 Å². The van der Waals surface area contributed by atoms with Gasteiger partial charge in [-0.2, -0.15) is 5.10 Å². The van der Waals surface area contributed by atoms with Crippen LogP contribution in [-0.4, -0.2) is 76.5 Å². The van der Waals surface area contributed by atoms with E-state index in [2.05, 4.69) is 20.3 Å². The van der Waals surface area contributed by atoms with E-state index in [-0.39, 0.29) is 6.03 Å².